The Balaban J connectivity index is 2.29. The Labute approximate surface area is 94.2 Å². The molecule has 2 rings (SSSR count). The fourth-order valence-electron chi connectivity index (χ4n) is 1.76. The zero-order valence-corrected chi connectivity index (χ0v) is 9.74. The average Bonchev–Trinajstić information content (AvgIpc) is 2.55. The molecule has 0 radical (unpaired) electrons. The average molecular weight is 225 g/mol. The van der Waals surface area contributed by atoms with Gasteiger partial charge in [-0.05, 0) is 12.2 Å². The zero-order valence-electron chi connectivity index (χ0n) is 8.92. The van der Waals surface area contributed by atoms with Gasteiger partial charge < -0.3 is 16.0 Å². The third-order valence-electron chi connectivity index (χ3n) is 2.53. The molecule has 0 saturated heterocycles. The van der Waals surface area contributed by atoms with Gasteiger partial charge in [-0.1, -0.05) is 0 Å². The van der Waals surface area contributed by atoms with Crippen molar-refractivity contribution in [1.29, 1.82) is 0 Å². The molecule has 82 valence electrons. The molecule has 1 aromatic heterocycles. The van der Waals surface area contributed by atoms with Gasteiger partial charge in [0.2, 0.25) is 0 Å². The largest absolute Gasteiger partial charge is 0.365 e. The molecular formula is C9H15N5S. The molecule has 1 aromatic rings. The van der Waals surface area contributed by atoms with Gasteiger partial charge in [0, 0.05) is 39.2 Å². The van der Waals surface area contributed by atoms with E-state index in [4.69, 9.17) is 12.2 Å². The molecule has 0 amide bonds. The second-order valence-corrected chi connectivity index (χ2v) is 3.94. The van der Waals surface area contributed by atoms with Crippen LogP contribution in [0.1, 0.15) is 11.3 Å². The number of hydrogen-bond donors (Lipinski definition) is 3. The van der Waals surface area contributed by atoms with Crippen molar-refractivity contribution in [3.8, 4) is 0 Å². The van der Waals surface area contributed by atoms with Crippen LogP contribution in [0.25, 0.3) is 0 Å². The monoisotopic (exact) mass is 225 g/mol. The van der Waals surface area contributed by atoms with Crippen molar-refractivity contribution in [1.82, 2.24) is 20.4 Å². The lowest BCUT2D eigenvalue weighted by Crippen LogP contribution is -2.28. The summed E-state index contributed by atoms with van der Waals surface area (Å²) in [6, 6.07) is 0. The number of thiocarbonyl (C=S) groups is 1. The fraction of sp³-hybridized carbons (Fsp3) is 0.556. The van der Waals surface area contributed by atoms with Crippen molar-refractivity contribution >= 4 is 23.1 Å². The minimum atomic E-state index is 0.617. The molecule has 0 bridgehead atoms. The summed E-state index contributed by atoms with van der Waals surface area (Å²) in [5.41, 5.74) is 2.39. The summed E-state index contributed by atoms with van der Waals surface area (Å²) in [6.45, 7) is 1.86. The molecule has 0 fully saturated rings. The van der Waals surface area contributed by atoms with Gasteiger partial charge in [-0.25, -0.2) is 0 Å². The third-order valence-corrected chi connectivity index (χ3v) is 2.83. The van der Waals surface area contributed by atoms with Crippen molar-refractivity contribution in [2.45, 2.75) is 13.0 Å². The van der Waals surface area contributed by atoms with E-state index in [1.807, 2.05) is 11.7 Å². The minimum absolute atomic E-state index is 0.617. The Hall–Kier alpha value is -1.14. The Bertz CT molecular complexity index is 384. The first-order valence-corrected chi connectivity index (χ1v) is 5.37. The molecule has 0 spiro atoms. The van der Waals surface area contributed by atoms with Crippen LogP contribution in [-0.4, -0.2) is 28.5 Å². The number of hydrogen-bond acceptors (Lipinski definition) is 3. The molecule has 5 nitrogen and oxygen atoms in total. The highest BCUT2D eigenvalue weighted by Crippen LogP contribution is 2.21. The first kappa shape index (κ1) is 10.4. The lowest BCUT2D eigenvalue weighted by molar-refractivity contribution is 0.633. The molecular weight excluding hydrogens is 210 g/mol. The molecule has 1 aliphatic heterocycles. The number of aryl methyl sites for hydroxylation is 1. The SMILES string of the molecule is CNC(=S)Nc1c2c(nn1C)CCNC2. The van der Waals surface area contributed by atoms with E-state index < -0.39 is 0 Å². The number of rotatable bonds is 1. The highest BCUT2D eigenvalue weighted by atomic mass is 32.1. The number of nitrogens with one attached hydrogen (secondary N) is 3. The van der Waals surface area contributed by atoms with E-state index in [2.05, 4.69) is 21.0 Å². The van der Waals surface area contributed by atoms with Crippen LogP contribution in [0.15, 0.2) is 0 Å². The number of aromatic nitrogens is 2. The molecule has 0 unspecified atom stereocenters. The van der Waals surface area contributed by atoms with Gasteiger partial charge in [-0.3, -0.25) is 4.68 Å². The lowest BCUT2D eigenvalue weighted by Gasteiger charge is -2.14. The van der Waals surface area contributed by atoms with E-state index in [0.717, 1.165) is 31.0 Å². The predicted octanol–water partition coefficient (Wildman–Crippen LogP) is -0.0180. The van der Waals surface area contributed by atoms with E-state index in [9.17, 15) is 0 Å². The fourth-order valence-corrected chi connectivity index (χ4v) is 1.85. The number of fused-ring (bicyclic) bond motifs is 1. The molecule has 0 saturated carbocycles. The van der Waals surface area contributed by atoms with Crippen molar-refractivity contribution < 1.29 is 0 Å². The summed E-state index contributed by atoms with van der Waals surface area (Å²) in [7, 11) is 3.73. The van der Waals surface area contributed by atoms with Gasteiger partial charge in [0.05, 0.1) is 5.69 Å². The molecule has 0 aliphatic carbocycles. The van der Waals surface area contributed by atoms with Crippen LogP contribution < -0.4 is 16.0 Å². The molecule has 15 heavy (non-hydrogen) atoms. The highest BCUT2D eigenvalue weighted by molar-refractivity contribution is 7.80. The molecule has 2 heterocycles. The maximum absolute atomic E-state index is 5.08. The predicted molar refractivity (Wildman–Crippen MR) is 63.9 cm³/mol. The maximum Gasteiger partial charge on any atom is 0.171 e. The van der Waals surface area contributed by atoms with Gasteiger partial charge in [0.25, 0.3) is 0 Å². The molecule has 0 aromatic carbocycles. The summed E-state index contributed by atoms with van der Waals surface area (Å²) in [5, 5.41) is 14.5. The smallest absolute Gasteiger partial charge is 0.171 e. The van der Waals surface area contributed by atoms with Gasteiger partial charge in [-0.15, -0.1) is 0 Å². The summed E-state index contributed by atoms with van der Waals surface area (Å²) < 4.78 is 1.85. The number of anilines is 1. The van der Waals surface area contributed by atoms with Crippen LogP contribution in [-0.2, 0) is 20.0 Å². The maximum atomic E-state index is 5.08. The zero-order chi connectivity index (χ0) is 10.8. The summed E-state index contributed by atoms with van der Waals surface area (Å²) in [4.78, 5) is 0. The first-order valence-electron chi connectivity index (χ1n) is 4.96. The second kappa shape index (κ2) is 4.16. The minimum Gasteiger partial charge on any atom is -0.365 e. The van der Waals surface area contributed by atoms with Crippen molar-refractivity contribution in [3.05, 3.63) is 11.3 Å². The Morgan fingerprint density at radius 3 is 3.13 bits per heavy atom. The molecule has 1 aliphatic rings. The summed E-state index contributed by atoms with van der Waals surface area (Å²) in [5.74, 6) is 0.983. The normalized spacial score (nSPS) is 14.5. The van der Waals surface area contributed by atoms with E-state index in [1.54, 1.807) is 7.05 Å². The van der Waals surface area contributed by atoms with Gasteiger partial charge >= 0.3 is 0 Å². The second-order valence-electron chi connectivity index (χ2n) is 3.53. The Kier molecular flexibility index (Phi) is 2.88. The molecule has 0 atom stereocenters. The summed E-state index contributed by atoms with van der Waals surface area (Å²) >= 11 is 5.08. The topological polar surface area (TPSA) is 53.9 Å². The van der Waals surface area contributed by atoms with Crippen LogP contribution in [0.2, 0.25) is 0 Å². The Morgan fingerprint density at radius 2 is 2.40 bits per heavy atom. The van der Waals surface area contributed by atoms with Crippen LogP contribution >= 0.6 is 12.2 Å². The van der Waals surface area contributed by atoms with Crippen molar-refractivity contribution in [3.63, 3.8) is 0 Å². The molecule has 3 N–H and O–H groups in total. The lowest BCUT2D eigenvalue weighted by atomic mass is 10.1. The standard InChI is InChI=1S/C9H15N5S/c1-10-9(15)12-8-6-5-11-4-3-7(6)13-14(8)2/h11H,3-5H2,1-2H3,(H2,10,12,15). The highest BCUT2D eigenvalue weighted by Gasteiger charge is 2.19. The van der Waals surface area contributed by atoms with Crippen molar-refractivity contribution in [2.24, 2.45) is 7.05 Å². The van der Waals surface area contributed by atoms with Gasteiger partial charge in [0.15, 0.2) is 5.11 Å². The third kappa shape index (κ3) is 1.95. The molecule has 6 heteroatoms. The first-order chi connectivity index (χ1) is 7.22. The number of nitrogens with zero attached hydrogens (tertiary/aromatic N) is 2. The Morgan fingerprint density at radius 1 is 1.60 bits per heavy atom. The van der Waals surface area contributed by atoms with Crippen molar-refractivity contribution in [2.75, 3.05) is 18.9 Å². The van der Waals surface area contributed by atoms with Crippen LogP contribution in [0.4, 0.5) is 5.82 Å². The van der Waals surface area contributed by atoms with E-state index in [-0.39, 0.29) is 0 Å². The van der Waals surface area contributed by atoms with E-state index >= 15 is 0 Å². The van der Waals surface area contributed by atoms with Crippen LogP contribution in [0, 0.1) is 0 Å². The van der Waals surface area contributed by atoms with Gasteiger partial charge in [-0.2, -0.15) is 5.10 Å². The van der Waals surface area contributed by atoms with E-state index in [0.29, 0.717) is 5.11 Å². The van der Waals surface area contributed by atoms with Crippen LogP contribution in [0.5, 0.6) is 0 Å². The van der Waals surface area contributed by atoms with Gasteiger partial charge in [0.1, 0.15) is 5.82 Å². The summed E-state index contributed by atoms with van der Waals surface area (Å²) in [6.07, 6.45) is 0.983. The van der Waals surface area contributed by atoms with Crippen LogP contribution in [0.3, 0.4) is 0 Å². The quantitative estimate of drug-likeness (QED) is 0.587. The van der Waals surface area contributed by atoms with E-state index in [1.165, 1.54) is 5.56 Å².